The van der Waals surface area contributed by atoms with E-state index in [0.717, 1.165) is 5.56 Å². The molecule has 4 heteroatoms. The van der Waals surface area contributed by atoms with Crippen LogP contribution in [0.1, 0.15) is 11.5 Å². The standard InChI is InChI=1S/C15H15NO2S/c16-14-13(11-7-3-1-4-8-11)15(14)19(17,18)12-9-5-2-6-10-12/h1-10,13-15H,16H2. The maximum Gasteiger partial charge on any atom is 0.183 e. The van der Waals surface area contributed by atoms with Crippen molar-refractivity contribution in [3.63, 3.8) is 0 Å². The van der Waals surface area contributed by atoms with Crippen molar-refractivity contribution in [1.29, 1.82) is 0 Å². The van der Waals surface area contributed by atoms with Crippen molar-refractivity contribution < 1.29 is 8.42 Å². The first-order valence-corrected chi connectivity index (χ1v) is 7.76. The van der Waals surface area contributed by atoms with Crippen molar-refractivity contribution in [3.8, 4) is 0 Å². The lowest BCUT2D eigenvalue weighted by molar-refractivity contribution is 0.593. The molecule has 3 nitrogen and oxygen atoms in total. The summed E-state index contributed by atoms with van der Waals surface area (Å²) in [6.07, 6.45) is 0. The highest BCUT2D eigenvalue weighted by atomic mass is 32.2. The van der Waals surface area contributed by atoms with Gasteiger partial charge in [-0.3, -0.25) is 0 Å². The van der Waals surface area contributed by atoms with Crippen LogP contribution in [0.15, 0.2) is 65.6 Å². The first-order chi connectivity index (χ1) is 9.12. The Morgan fingerprint density at radius 3 is 1.95 bits per heavy atom. The Bertz CT molecular complexity index is 668. The van der Waals surface area contributed by atoms with Crippen molar-refractivity contribution >= 4 is 9.84 Å². The van der Waals surface area contributed by atoms with Gasteiger partial charge in [0.25, 0.3) is 0 Å². The lowest BCUT2D eigenvalue weighted by atomic mass is 10.1. The molecule has 2 aromatic carbocycles. The zero-order valence-electron chi connectivity index (χ0n) is 10.3. The summed E-state index contributed by atoms with van der Waals surface area (Å²) >= 11 is 0. The SMILES string of the molecule is NC1C(c2ccccc2)C1S(=O)(=O)c1ccccc1. The van der Waals surface area contributed by atoms with Crippen molar-refractivity contribution in [2.45, 2.75) is 22.1 Å². The van der Waals surface area contributed by atoms with Gasteiger partial charge in [-0.2, -0.15) is 0 Å². The molecule has 1 aliphatic carbocycles. The highest BCUT2D eigenvalue weighted by Crippen LogP contribution is 2.46. The van der Waals surface area contributed by atoms with Crippen LogP contribution in [0, 0.1) is 0 Å². The molecule has 3 atom stereocenters. The molecule has 1 fully saturated rings. The zero-order valence-corrected chi connectivity index (χ0v) is 11.1. The molecule has 0 heterocycles. The number of rotatable bonds is 3. The highest BCUT2D eigenvalue weighted by Gasteiger charge is 2.56. The molecule has 1 aliphatic rings. The predicted molar refractivity (Wildman–Crippen MR) is 74.6 cm³/mol. The third kappa shape index (κ3) is 2.07. The summed E-state index contributed by atoms with van der Waals surface area (Å²) in [4.78, 5) is 0.355. The molecular formula is C15H15NO2S. The summed E-state index contributed by atoms with van der Waals surface area (Å²) in [5, 5.41) is -0.503. The van der Waals surface area contributed by atoms with Crippen LogP contribution in [-0.4, -0.2) is 19.7 Å². The molecule has 0 saturated heterocycles. The van der Waals surface area contributed by atoms with Crippen molar-refractivity contribution in [3.05, 3.63) is 66.2 Å². The number of hydrogen-bond acceptors (Lipinski definition) is 3. The van der Waals surface area contributed by atoms with E-state index >= 15 is 0 Å². The Morgan fingerprint density at radius 2 is 1.37 bits per heavy atom. The monoisotopic (exact) mass is 273 g/mol. The van der Waals surface area contributed by atoms with E-state index in [1.54, 1.807) is 30.3 Å². The van der Waals surface area contributed by atoms with Gasteiger partial charge in [0.15, 0.2) is 9.84 Å². The number of hydrogen-bond donors (Lipinski definition) is 1. The zero-order chi connectivity index (χ0) is 13.5. The van der Waals surface area contributed by atoms with Gasteiger partial charge in [0.1, 0.15) is 0 Å². The summed E-state index contributed by atoms with van der Waals surface area (Å²) < 4.78 is 25.0. The van der Waals surface area contributed by atoms with E-state index in [-0.39, 0.29) is 12.0 Å². The van der Waals surface area contributed by atoms with E-state index in [4.69, 9.17) is 5.73 Å². The average molecular weight is 273 g/mol. The highest BCUT2D eigenvalue weighted by molar-refractivity contribution is 7.92. The molecule has 2 aromatic rings. The average Bonchev–Trinajstić information content (AvgIpc) is 3.13. The van der Waals surface area contributed by atoms with Crippen LogP contribution in [0.2, 0.25) is 0 Å². The second-order valence-electron chi connectivity index (χ2n) is 4.84. The molecule has 0 amide bonds. The van der Waals surface area contributed by atoms with Crippen molar-refractivity contribution in [2.24, 2.45) is 5.73 Å². The van der Waals surface area contributed by atoms with Gasteiger partial charge in [0.05, 0.1) is 10.1 Å². The van der Waals surface area contributed by atoms with E-state index < -0.39 is 15.1 Å². The van der Waals surface area contributed by atoms with Crippen LogP contribution in [0.5, 0.6) is 0 Å². The molecule has 1 saturated carbocycles. The third-order valence-electron chi connectivity index (χ3n) is 3.62. The number of benzene rings is 2. The van der Waals surface area contributed by atoms with Crippen LogP contribution < -0.4 is 5.73 Å². The van der Waals surface area contributed by atoms with E-state index in [2.05, 4.69) is 0 Å². The Labute approximate surface area is 113 Å². The summed E-state index contributed by atoms with van der Waals surface area (Å²) in [6.45, 7) is 0. The second kappa shape index (κ2) is 4.47. The Balaban J connectivity index is 1.93. The fourth-order valence-electron chi connectivity index (χ4n) is 2.56. The second-order valence-corrected chi connectivity index (χ2v) is 6.94. The van der Waals surface area contributed by atoms with Crippen LogP contribution in [0.25, 0.3) is 0 Å². The molecule has 3 rings (SSSR count). The lowest BCUT2D eigenvalue weighted by Gasteiger charge is -2.03. The van der Waals surface area contributed by atoms with Crippen molar-refractivity contribution in [1.82, 2.24) is 0 Å². The van der Waals surface area contributed by atoms with Crippen molar-refractivity contribution in [2.75, 3.05) is 0 Å². The number of nitrogens with two attached hydrogens (primary N) is 1. The minimum atomic E-state index is -3.34. The minimum Gasteiger partial charge on any atom is -0.326 e. The lowest BCUT2D eigenvalue weighted by Crippen LogP contribution is -2.15. The molecule has 0 radical (unpaired) electrons. The number of sulfone groups is 1. The van der Waals surface area contributed by atoms with Crippen LogP contribution in [0.3, 0.4) is 0 Å². The van der Waals surface area contributed by atoms with Crippen LogP contribution in [0.4, 0.5) is 0 Å². The summed E-state index contributed by atoms with van der Waals surface area (Å²) in [5.74, 6) is -0.0913. The molecule has 0 bridgehead atoms. The topological polar surface area (TPSA) is 60.2 Å². The van der Waals surface area contributed by atoms with E-state index in [0.29, 0.717) is 4.90 Å². The van der Waals surface area contributed by atoms with Gasteiger partial charge in [0.2, 0.25) is 0 Å². The molecule has 0 aromatic heterocycles. The smallest absolute Gasteiger partial charge is 0.183 e. The summed E-state index contributed by atoms with van der Waals surface area (Å²) in [6, 6.07) is 17.8. The van der Waals surface area contributed by atoms with Crippen LogP contribution in [-0.2, 0) is 9.84 Å². The maximum atomic E-state index is 12.5. The minimum absolute atomic E-state index is 0.0913. The molecule has 19 heavy (non-hydrogen) atoms. The molecule has 98 valence electrons. The summed E-state index contributed by atoms with van der Waals surface area (Å²) in [5.41, 5.74) is 6.99. The fraction of sp³-hybridized carbons (Fsp3) is 0.200. The van der Waals surface area contributed by atoms with Crippen LogP contribution >= 0.6 is 0 Å². The predicted octanol–water partition coefficient (Wildman–Crippen LogP) is 1.95. The quantitative estimate of drug-likeness (QED) is 0.930. The normalized spacial score (nSPS) is 26.1. The fourth-order valence-corrected chi connectivity index (χ4v) is 4.63. The van der Waals surface area contributed by atoms with E-state index in [1.807, 2.05) is 30.3 Å². The summed E-state index contributed by atoms with van der Waals surface area (Å²) in [7, 11) is -3.34. The van der Waals surface area contributed by atoms with Gasteiger partial charge in [-0.15, -0.1) is 0 Å². The Morgan fingerprint density at radius 1 is 0.842 bits per heavy atom. The van der Waals surface area contributed by atoms with Gasteiger partial charge in [-0.25, -0.2) is 8.42 Å². The molecule has 0 spiro atoms. The van der Waals surface area contributed by atoms with E-state index in [1.165, 1.54) is 0 Å². The first-order valence-electron chi connectivity index (χ1n) is 6.22. The first kappa shape index (κ1) is 12.4. The van der Waals surface area contributed by atoms with Gasteiger partial charge >= 0.3 is 0 Å². The van der Waals surface area contributed by atoms with Gasteiger partial charge < -0.3 is 5.73 Å². The van der Waals surface area contributed by atoms with Gasteiger partial charge in [-0.05, 0) is 17.7 Å². The van der Waals surface area contributed by atoms with E-state index in [9.17, 15) is 8.42 Å². The Kier molecular flexibility index (Phi) is 2.92. The maximum absolute atomic E-state index is 12.5. The molecule has 0 aliphatic heterocycles. The largest absolute Gasteiger partial charge is 0.326 e. The van der Waals surface area contributed by atoms with Gasteiger partial charge in [0, 0.05) is 12.0 Å². The third-order valence-corrected chi connectivity index (χ3v) is 5.87. The molecule has 3 unspecified atom stereocenters. The molecule has 2 N–H and O–H groups in total. The molecular weight excluding hydrogens is 258 g/mol. The van der Waals surface area contributed by atoms with Gasteiger partial charge in [-0.1, -0.05) is 48.5 Å². The Hall–Kier alpha value is -1.65.